The number of ether oxygens (including phenoxy) is 1. The molecule has 0 bridgehead atoms. The Hall–Kier alpha value is -4.44. The third kappa shape index (κ3) is 9.91. The number of benzene rings is 2. The number of nitrogens with zero attached hydrogens (tertiary/aromatic N) is 3. The van der Waals surface area contributed by atoms with Gasteiger partial charge >= 0.3 is 18.2 Å². The molecule has 2 aromatic heterocycles. The highest BCUT2D eigenvalue weighted by molar-refractivity contribution is 5.83. The number of aryl methyl sites for hydroxylation is 1. The Balaban J connectivity index is 1.48. The summed E-state index contributed by atoms with van der Waals surface area (Å²) in [5.41, 5.74) is 9.40. The molecule has 4 aromatic rings. The predicted octanol–water partition coefficient (Wildman–Crippen LogP) is 7.70. The second kappa shape index (κ2) is 16.1. The van der Waals surface area contributed by atoms with Gasteiger partial charge in [0.1, 0.15) is 17.2 Å². The number of hydrogen-bond donors (Lipinski definition) is 4. The van der Waals surface area contributed by atoms with Gasteiger partial charge in [0.25, 0.3) is 0 Å². The van der Waals surface area contributed by atoms with Crippen molar-refractivity contribution in [1.29, 1.82) is 0 Å². The number of halogens is 7. The average Bonchev–Trinajstić information content (AvgIpc) is 3.83. The van der Waals surface area contributed by atoms with E-state index in [1.54, 1.807) is 6.92 Å². The molecule has 2 aromatic carbocycles. The number of aliphatic imine (C=N–C) groups is 1. The van der Waals surface area contributed by atoms with Crippen molar-refractivity contribution in [3.63, 3.8) is 0 Å². The van der Waals surface area contributed by atoms with Crippen molar-refractivity contribution in [3.05, 3.63) is 75.6 Å². The molecule has 52 heavy (non-hydrogen) atoms. The van der Waals surface area contributed by atoms with Crippen LogP contribution in [0.3, 0.4) is 0 Å². The number of aromatic nitrogens is 3. The van der Waals surface area contributed by atoms with Crippen LogP contribution in [0.2, 0.25) is 0 Å². The summed E-state index contributed by atoms with van der Waals surface area (Å²) >= 11 is 0. The van der Waals surface area contributed by atoms with E-state index in [-0.39, 0.29) is 51.6 Å². The summed E-state index contributed by atoms with van der Waals surface area (Å²) < 4.78 is 104. The summed E-state index contributed by atoms with van der Waals surface area (Å²) in [7, 11) is 0. The minimum absolute atomic E-state index is 0.00917. The van der Waals surface area contributed by atoms with Gasteiger partial charge in [-0.2, -0.15) is 18.2 Å². The van der Waals surface area contributed by atoms with E-state index >= 15 is 4.39 Å². The minimum atomic E-state index is -5.04. The normalized spacial score (nSPS) is 15.3. The van der Waals surface area contributed by atoms with Crippen LogP contribution in [-0.4, -0.2) is 45.9 Å². The predicted molar refractivity (Wildman–Crippen MR) is 185 cm³/mol. The third-order valence-electron chi connectivity index (χ3n) is 9.01. The molecule has 0 radical (unpaired) electrons. The largest absolute Gasteiger partial charge is 0.573 e. The minimum Gasteiger partial charge on any atom is -0.405 e. The zero-order valence-electron chi connectivity index (χ0n) is 28.8. The first-order chi connectivity index (χ1) is 24.5. The summed E-state index contributed by atoms with van der Waals surface area (Å²) in [5.74, 6) is -1.16. The van der Waals surface area contributed by atoms with Gasteiger partial charge < -0.3 is 26.5 Å². The summed E-state index contributed by atoms with van der Waals surface area (Å²) in [6.45, 7) is 4.42. The third-order valence-corrected chi connectivity index (χ3v) is 9.01. The molecule has 2 unspecified atom stereocenters. The number of H-pyrrole nitrogens is 1. The topological polar surface area (TPSA) is 136 Å². The van der Waals surface area contributed by atoms with Crippen LogP contribution in [0.1, 0.15) is 81.5 Å². The quantitative estimate of drug-likeness (QED) is 0.0403. The maximum absolute atomic E-state index is 15.5. The van der Waals surface area contributed by atoms with Crippen LogP contribution in [0.4, 0.5) is 30.7 Å². The molecule has 0 saturated heterocycles. The number of nitrogens with two attached hydrogens (primary N) is 2. The molecule has 1 saturated carbocycles. The Labute approximate surface area is 295 Å². The second-order valence-corrected chi connectivity index (χ2v) is 13.2. The maximum Gasteiger partial charge on any atom is 0.573 e. The number of nitrogens with one attached hydrogen (secondary N) is 2. The number of aromatic amines is 1. The molecule has 1 aliphatic carbocycles. The van der Waals surface area contributed by atoms with Gasteiger partial charge in [-0.05, 0) is 94.2 Å². The maximum atomic E-state index is 15.5. The lowest BCUT2D eigenvalue weighted by molar-refractivity contribution is -0.275. The van der Waals surface area contributed by atoms with Gasteiger partial charge in [0, 0.05) is 47.4 Å². The van der Waals surface area contributed by atoms with Crippen LogP contribution in [0.25, 0.3) is 28.0 Å². The van der Waals surface area contributed by atoms with E-state index in [1.807, 2.05) is 6.92 Å². The number of fused-ring (bicyclic) bond motifs is 1. The lowest BCUT2D eigenvalue weighted by atomic mass is 9.97. The zero-order valence-corrected chi connectivity index (χ0v) is 28.8. The first-order valence-corrected chi connectivity index (χ1v) is 17.2. The van der Waals surface area contributed by atoms with Gasteiger partial charge in [0.2, 0.25) is 0 Å². The van der Waals surface area contributed by atoms with E-state index in [1.165, 1.54) is 30.5 Å². The highest BCUT2D eigenvalue weighted by Gasteiger charge is 2.36. The van der Waals surface area contributed by atoms with Gasteiger partial charge in [0.15, 0.2) is 0 Å². The Morgan fingerprint density at radius 3 is 2.52 bits per heavy atom. The highest BCUT2D eigenvalue weighted by Crippen LogP contribution is 2.39. The van der Waals surface area contributed by atoms with Gasteiger partial charge in [0.05, 0.1) is 22.8 Å². The van der Waals surface area contributed by atoms with Crippen LogP contribution in [-0.2, 0) is 12.6 Å². The van der Waals surface area contributed by atoms with Crippen molar-refractivity contribution in [3.8, 4) is 22.7 Å². The van der Waals surface area contributed by atoms with Gasteiger partial charge in [-0.25, -0.2) is 9.18 Å². The van der Waals surface area contributed by atoms with Crippen molar-refractivity contribution < 1.29 is 35.5 Å². The van der Waals surface area contributed by atoms with Gasteiger partial charge in [-0.1, -0.05) is 19.4 Å². The molecule has 16 heteroatoms. The molecule has 0 spiro atoms. The standard InChI is InChI=1S/C36H42F7N7O2/c1-3-6-29(47-14-5-13-46-20(2)44)25-12-11-24(18-31(25)52-36(41,42)43)50-19-23-17-30(48-33(23)49-34(50)51)26-15-21(7-4-8-28(45)22-9-10-22)16-27(32(26)37)35(38,39)40/h11-12,15-19,22,28-29,47H,3-10,13-14,45H2,1-2H3,(H2,44,46)(H,48,49,51). The smallest absolute Gasteiger partial charge is 0.405 e. The van der Waals surface area contributed by atoms with E-state index in [0.717, 1.165) is 29.5 Å². The number of amidine groups is 1. The van der Waals surface area contributed by atoms with Crippen molar-refractivity contribution in [1.82, 2.24) is 19.9 Å². The van der Waals surface area contributed by atoms with E-state index in [4.69, 9.17) is 11.5 Å². The Kier molecular flexibility index (Phi) is 12.0. The Morgan fingerprint density at radius 2 is 1.87 bits per heavy atom. The van der Waals surface area contributed by atoms with Gasteiger partial charge in [-0.3, -0.25) is 9.56 Å². The van der Waals surface area contributed by atoms with Crippen molar-refractivity contribution in [2.24, 2.45) is 22.4 Å². The van der Waals surface area contributed by atoms with Gasteiger partial charge in [-0.15, -0.1) is 13.2 Å². The number of rotatable bonds is 16. The van der Waals surface area contributed by atoms with Crippen molar-refractivity contribution >= 4 is 16.9 Å². The molecule has 2 atom stereocenters. The molecular weight excluding hydrogens is 695 g/mol. The second-order valence-electron chi connectivity index (χ2n) is 13.2. The average molecular weight is 738 g/mol. The lowest BCUT2D eigenvalue weighted by Crippen LogP contribution is -2.26. The number of hydrogen-bond acceptors (Lipinski definition) is 6. The van der Waals surface area contributed by atoms with Crippen LogP contribution < -0.4 is 27.2 Å². The van der Waals surface area contributed by atoms with Crippen LogP contribution in [0.15, 0.2) is 52.4 Å². The molecule has 282 valence electrons. The lowest BCUT2D eigenvalue weighted by Gasteiger charge is -2.23. The molecule has 5 rings (SSSR count). The van der Waals surface area contributed by atoms with Crippen molar-refractivity contribution in [2.45, 2.75) is 89.8 Å². The summed E-state index contributed by atoms with van der Waals surface area (Å²) in [4.78, 5) is 24.0. The molecule has 1 aliphatic rings. The fourth-order valence-corrected chi connectivity index (χ4v) is 6.30. The molecule has 9 nitrogen and oxygen atoms in total. The van der Waals surface area contributed by atoms with E-state index in [9.17, 15) is 31.1 Å². The molecule has 0 amide bonds. The van der Waals surface area contributed by atoms with E-state index in [2.05, 4.69) is 25.0 Å². The molecule has 2 heterocycles. The summed E-state index contributed by atoms with van der Waals surface area (Å²) in [5, 5.41) is 3.45. The van der Waals surface area contributed by atoms with Crippen LogP contribution in [0, 0.1) is 11.7 Å². The fourth-order valence-electron chi connectivity index (χ4n) is 6.30. The molecule has 6 N–H and O–H groups in total. The zero-order chi connectivity index (χ0) is 37.8. The van der Waals surface area contributed by atoms with E-state index < -0.39 is 41.4 Å². The first-order valence-electron chi connectivity index (χ1n) is 17.2. The van der Waals surface area contributed by atoms with E-state index in [0.29, 0.717) is 56.9 Å². The van der Waals surface area contributed by atoms with Crippen LogP contribution in [0.5, 0.6) is 5.75 Å². The van der Waals surface area contributed by atoms with Crippen LogP contribution >= 0.6 is 0 Å². The number of alkyl halides is 6. The molecule has 0 aliphatic heterocycles. The SMILES string of the molecule is CCCC(NCCCN=C(C)N)c1ccc(-n2cc3cc(-c4cc(CCCC(N)C5CC5)cc(C(F)(F)F)c4F)[nH]c3nc2=O)cc1OC(F)(F)F. The fraction of sp³-hybridized carbons (Fsp3) is 0.472. The molecule has 1 fully saturated rings. The molecular formula is C36H42F7N7O2. The van der Waals surface area contributed by atoms with Crippen molar-refractivity contribution in [2.75, 3.05) is 13.1 Å². The summed E-state index contributed by atoms with van der Waals surface area (Å²) in [6, 6.07) is 6.86. The first kappa shape index (κ1) is 38.8. The monoisotopic (exact) mass is 737 g/mol. The Bertz CT molecular complexity index is 1940. The summed E-state index contributed by atoms with van der Waals surface area (Å²) in [6.07, 6.45) is -3.57. The highest BCUT2D eigenvalue weighted by atomic mass is 19.4. The Morgan fingerprint density at radius 1 is 1.12 bits per heavy atom.